The molecular weight excluding hydrogens is 172 g/mol. The van der Waals surface area contributed by atoms with Crippen molar-refractivity contribution in [2.45, 2.75) is 19.4 Å². The van der Waals surface area contributed by atoms with Gasteiger partial charge in [0, 0.05) is 13.1 Å². The van der Waals surface area contributed by atoms with Crippen LogP contribution < -0.4 is 5.32 Å². The van der Waals surface area contributed by atoms with Crippen molar-refractivity contribution < 1.29 is 14.7 Å². The topological polar surface area (TPSA) is 69.6 Å². The Kier molecular flexibility index (Phi) is 3.25. The summed E-state index contributed by atoms with van der Waals surface area (Å²) >= 11 is 0. The third-order valence-corrected chi connectivity index (χ3v) is 2.06. The molecule has 1 heterocycles. The van der Waals surface area contributed by atoms with Crippen molar-refractivity contribution in [2.75, 3.05) is 19.6 Å². The molecule has 1 rings (SSSR count). The summed E-state index contributed by atoms with van der Waals surface area (Å²) < 4.78 is 0. The second kappa shape index (κ2) is 4.23. The van der Waals surface area contributed by atoms with E-state index in [0.29, 0.717) is 13.1 Å². The first-order chi connectivity index (χ1) is 6.16. The first kappa shape index (κ1) is 9.98. The van der Waals surface area contributed by atoms with E-state index >= 15 is 0 Å². The fraction of sp³-hybridized carbons (Fsp3) is 0.750. The zero-order valence-corrected chi connectivity index (χ0v) is 7.62. The van der Waals surface area contributed by atoms with Gasteiger partial charge in [0.2, 0.25) is 5.91 Å². The summed E-state index contributed by atoms with van der Waals surface area (Å²) in [7, 11) is 0. The average molecular weight is 186 g/mol. The Labute approximate surface area is 76.7 Å². The number of carboxylic acids is 1. The summed E-state index contributed by atoms with van der Waals surface area (Å²) in [5.74, 6) is -1.06. The highest BCUT2D eigenvalue weighted by Crippen LogP contribution is 2.05. The van der Waals surface area contributed by atoms with Crippen molar-refractivity contribution in [1.29, 1.82) is 0 Å². The minimum absolute atomic E-state index is 0.125. The third-order valence-electron chi connectivity index (χ3n) is 2.06. The molecule has 0 aromatic heterocycles. The summed E-state index contributed by atoms with van der Waals surface area (Å²) in [4.78, 5) is 23.5. The van der Waals surface area contributed by atoms with Gasteiger partial charge in [-0.2, -0.15) is 0 Å². The van der Waals surface area contributed by atoms with Crippen molar-refractivity contribution in [3.05, 3.63) is 0 Å². The number of hydrogen-bond donors (Lipinski definition) is 2. The number of carboxylic acid groups (broad SMARTS) is 1. The molecule has 1 saturated heterocycles. The molecular formula is C8H14N2O3. The summed E-state index contributed by atoms with van der Waals surface area (Å²) in [6, 6.07) is -0.693. The van der Waals surface area contributed by atoms with Crippen LogP contribution in [0.3, 0.4) is 0 Å². The highest BCUT2D eigenvalue weighted by Gasteiger charge is 2.31. The van der Waals surface area contributed by atoms with Crippen molar-refractivity contribution in [3.63, 3.8) is 0 Å². The molecule has 0 aromatic rings. The van der Waals surface area contributed by atoms with Gasteiger partial charge in [0.1, 0.15) is 6.04 Å². The van der Waals surface area contributed by atoms with Crippen LogP contribution in [0.1, 0.15) is 13.3 Å². The highest BCUT2D eigenvalue weighted by molar-refractivity contribution is 5.86. The predicted octanol–water partition coefficient (Wildman–Crippen LogP) is -0.719. The predicted molar refractivity (Wildman–Crippen MR) is 46.3 cm³/mol. The third kappa shape index (κ3) is 2.18. The minimum atomic E-state index is -0.936. The number of piperazine rings is 1. The molecule has 1 unspecified atom stereocenters. The Hall–Kier alpha value is -1.10. The fourth-order valence-corrected chi connectivity index (χ4v) is 1.44. The van der Waals surface area contributed by atoms with Gasteiger partial charge in [-0.3, -0.25) is 4.79 Å². The maximum absolute atomic E-state index is 11.3. The van der Waals surface area contributed by atoms with E-state index in [-0.39, 0.29) is 12.5 Å². The summed E-state index contributed by atoms with van der Waals surface area (Å²) in [5, 5.41) is 11.6. The quantitative estimate of drug-likeness (QED) is 0.610. The van der Waals surface area contributed by atoms with Gasteiger partial charge >= 0.3 is 5.97 Å². The molecule has 5 nitrogen and oxygen atoms in total. The Morgan fingerprint density at radius 2 is 2.46 bits per heavy atom. The number of nitrogens with zero attached hydrogens (tertiary/aromatic N) is 1. The van der Waals surface area contributed by atoms with Gasteiger partial charge < -0.3 is 15.3 Å². The summed E-state index contributed by atoms with van der Waals surface area (Å²) in [5.41, 5.74) is 0. The van der Waals surface area contributed by atoms with Crippen molar-refractivity contribution in [3.8, 4) is 0 Å². The molecule has 0 saturated carbocycles. The lowest BCUT2D eigenvalue weighted by molar-refractivity contribution is -0.151. The SMILES string of the molecule is CCCN1C(=O)CNCC1C(=O)O. The maximum atomic E-state index is 11.3. The average Bonchev–Trinajstić information content (AvgIpc) is 2.08. The van der Waals surface area contributed by atoms with Crippen LogP contribution in [0.5, 0.6) is 0 Å². The Morgan fingerprint density at radius 3 is 3.00 bits per heavy atom. The molecule has 1 amide bonds. The van der Waals surface area contributed by atoms with Crippen LogP contribution in [0.2, 0.25) is 0 Å². The first-order valence-electron chi connectivity index (χ1n) is 4.39. The molecule has 1 aliphatic rings. The monoisotopic (exact) mass is 186 g/mol. The standard InChI is InChI=1S/C8H14N2O3/c1-2-3-10-6(8(12)13)4-9-5-7(10)11/h6,9H,2-5H2,1H3,(H,12,13). The molecule has 0 radical (unpaired) electrons. The van der Waals surface area contributed by atoms with Gasteiger partial charge in [-0.15, -0.1) is 0 Å². The van der Waals surface area contributed by atoms with Crippen LogP contribution in [0.25, 0.3) is 0 Å². The smallest absolute Gasteiger partial charge is 0.327 e. The number of aliphatic carboxylic acids is 1. The van der Waals surface area contributed by atoms with Crippen LogP contribution in [-0.4, -0.2) is 47.6 Å². The Bertz CT molecular complexity index is 217. The summed E-state index contributed by atoms with van der Waals surface area (Å²) in [6.45, 7) is 3.05. The van der Waals surface area contributed by atoms with Gasteiger partial charge in [-0.05, 0) is 6.42 Å². The molecule has 1 atom stereocenters. The molecule has 13 heavy (non-hydrogen) atoms. The number of amides is 1. The molecule has 0 aromatic carbocycles. The Morgan fingerprint density at radius 1 is 1.77 bits per heavy atom. The van der Waals surface area contributed by atoms with E-state index in [2.05, 4.69) is 5.32 Å². The van der Waals surface area contributed by atoms with Gasteiger partial charge in [0.05, 0.1) is 6.54 Å². The lowest BCUT2D eigenvalue weighted by atomic mass is 10.2. The number of nitrogens with one attached hydrogen (secondary N) is 1. The van der Waals surface area contributed by atoms with Crippen LogP contribution in [0.15, 0.2) is 0 Å². The first-order valence-corrected chi connectivity index (χ1v) is 4.39. The largest absolute Gasteiger partial charge is 0.480 e. The number of rotatable bonds is 3. The normalized spacial score (nSPS) is 23.3. The molecule has 0 spiro atoms. The van der Waals surface area contributed by atoms with Crippen molar-refractivity contribution in [2.24, 2.45) is 0 Å². The lowest BCUT2D eigenvalue weighted by Gasteiger charge is -2.33. The minimum Gasteiger partial charge on any atom is -0.480 e. The fourth-order valence-electron chi connectivity index (χ4n) is 1.44. The highest BCUT2D eigenvalue weighted by atomic mass is 16.4. The van der Waals surface area contributed by atoms with Gasteiger partial charge in [-0.1, -0.05) is 6.92 Å². The number of carbonyl (C=O) groups is 2. The zero-order valence-electron chi connectivity index (χ0n) is 7.62. The molecule has 0 bridgehead atoms. The zero-order chi connectivity index (χ0) is 9.84. The van der Waals surface area contributed by atoms with Crippen molar-refractivity contribution >= 4 is 11.9 Å². The molecule has 5 heteroatoms. The molecule has 1 aliphatic heterocycles. The van der Waals surface area contributed by atoms with E-state index in [0.717, 1.165) is 6.42 Å². The van der Waals surface area contributed by atoms with E-state index in [4.69, 9.17) is 5.11 Å². The van der Waals surface area contributed by atoms with E-state index in [1.165, 1.54) is 4.90 Å². The van der Waals surface area contributed by atoms with Gasteiger partial charge in [0.15, 0.2) is 0 Å². The van der Waals surface area contributed by atoms with E-state index in [1.54, 1.807) is 0 Å². The van der Waals surface area contributed by atoms with E-state index < -0.39 is 12.0 Å². The van der Waals surface area contributed by atoms with Crippen LogP contribution in [0, 0.1) is 0 Å². The Balaban J connectivity index is 2.67. The van der Waals surface area contributed by atoms with Gasteiger partial charge in [0.25, 0.3) is 0 Å². The number of carbonyl (C=O) groups excluding carboxylic acids is 1. The van der Waals surface area contributed by atoms with Crippen LogP contribution in [0.4, 0.5) is 0 Å². The molecule has 2 N–H and O–H groups in total. The van der Waals surface area contributed by atoms with Crippen LogP contribution in [-0.2, 0) is 9.59 Å². The number of hydrogen-bond acceptors (Lipinski definition) is 3. The molecule has 74 valence electrons. The molecule has 1 fully saturated rings. The molecule has 0 aliphatic carbocycles. The maximum Gasteiger partial charge on any atom is 0.327 e. The second-order valence-electron chi connectivity index (χ2n) is 3.07. The van der Waals surface area contributed by atoms with E-state index in [1.807, 2.05) is 6.92 Å². The second-order valence-corrected chi connectivity index (χ2v) is 3.07. The van der Waals surface area contributed by atoms with Crippen LogP contribution >= 0.6 is 0 Å². The van der Waals surface area contributed by atoms with E-state index in [9.17, 15) is 9.59 Å². The van der Waals surface area contributed by atoms with Gasteiger partial charge in [-0.25, -0.2) is 4.79 Å². The lowest BCUT2D eigenvalue weighted by Crippen LogP contribution is -2.58. The van der Waals surface area contributed by atoms with Crippen molar-refractivity contribution in [1.82, 2.24) is 10.2 Å². The summed E-state index contributed by atoms with van der Waals surface area (Å²) in [6.07, 6.45) is 0.787.